The number of likely N-dealkylation sites (N-methyl/N-ethyl adjacent to an activating group) is 1. The third-order valence-corrected chi connectivity index (χ3v) is 1.76. The Morgan fingerprint density at radius 3 is 2.79 bits per heavy atom. The normalized spacial score (nSPS) is 14.7. The van der Waals surface area contributed by atoms with E-state index in [-0.39, 0.29) is 5.84 Å². The fourth-order valence-corrected chi connectivity index (χ4v) is 1.05. The van der Waals surface area contributed by atoms with Crippen LogP contribution in [-0.2, 0) is 4.74 Å². The van der Waals surface area contributed by atoms with Crippen LogP contribution in [0.2, 0.25) is 0 Å². The monoisotopic (exact) mass is 205 g/mol. The summed E-state index contributed by atoms with van der Waals surface area (Å²) in [6.07, 6.45) is -0.0236. The predicted octanol–water partition coefficient (Wildman–Crippen LogP) is -0.938. The van der Waals surface area contributed by atoms with Crippen LogP contribution in [0.3, 0.4) is 0 Å². The summed E-state index contributed by atoms with van der Waals surface area (Å²) in [5.41, 5.74) is 5.30. The lowest BCUT2D eigenvalue weighted by atomic mass is 10.3. The number of methoxy groups -OCH3 is 1. The molecule has 0 aromatic rings. The summed E-state index contributed by atoms with van der Waals surface area (Å²) in [5.74, 6) is 0.193. The van der Waals surface area contributed by atoms with E-state index in [0.717, 1.165) is 0 Å². The minimum absolute atomic E-state index is 0.193. The van der Waals surface area contributed by atoms with E-state index in [4.69, 9.17) is 15.7 Å². The van der Waals surface area contributed by atoms with Crippen LogP contribution < -0.4 is 5.73 Å². The number of oxime groups is 1. The number of nitrogens with two attached hydrogens (primary N) is 1. The molecule has 0 rings (SSSR count). The Morgan fingerprint density at radius 1 is 1.64 bits per heavy atom. The van der Waals surface area contributed by atoms with Crippen LogP contribution in [0.4, 0.5) is 0 Å². The molecule has 0 amide bonds. The van der Waals surface area contributed by atoms with Crippen LogP contribution >= 0.6 is 0 Å². The molecule has 84 valence electrons. The third-order valence-electron chi connectivity index (χ3n) is 1.76. The van der Waals surface area contributed by atoms with Crippen LogP contribution in [0.1, 0.15) is 6.42 Å². The predicted molar refractivity (Wildman–Crippen MR) is 53.4 cm³/mol. The van der Waals surface area contributed by atoms with Crippen molar-refractivity contribution in [2.45, 2.75) is 12.5 Å². The first-order valence-electron chi connectivity index (χ1n) is 4.42. The van der Waals surface area contributed by atoms with Crippen molar-refractivity contribution >= 4 is 5.84 Å². The molecule has 0 aromatic heterocycles. The van der Waals surface area contributed by atoms with E-state index in [1.165, 1.54) is 0 Å². The molecule has 0 aliphatic carbocycles. The van der Waals surface area contributed by atoms with Crippen molar-refractivity contribution in [1.82, 2.24) is 4.90 Å². The zero-order chi connectivity index (χ0) is 11.0. The first kappa shape index (κ1) is 13.2. The van der Waals surface area contributed by atoms with Gasteiger partial charge in [0.15, 0.2) is 0 Å². The van der Waals surface area contributed by atoms with Crippen molar-refractivity contribution < 1.29 is 15.1 Å². The van der Waals surface area contributed by atoms with E-state index < -0.39 is 6.10 Å². The summed E-state index contributed by atoms with van der Waals surface area (Å²) in [5, 5.41) is 20.5. The number of amidine groups is 1. The highest BCUT2D eigenvalue weighted by atomic mass is 16.5. The van der Waals surface area contributed by atoms with Crippen molar-refractivity contribution in [3.63, 3.8) is 0 Å². The smallest absolute Gasteiger partial charge is 0.140 e. The van der Waals surface area contributed by atoms with Crippen LogP contribution in [0.15, 0.2) is 5.16 Å². The average Bonchev–Trinajstić information content (AvgIpc) is 2.14. The molecule has 6 nitrogen and oxygen atoms in total. The van der Waals surface area contributed by atoms with Crippen LogP contribution in [-0.4, -0.2) is 61.0 Å². The second kappa shape index (κ2) is 7.54. The highest BCUT2D eigenvalue weighted by Crippen LogP contribution is 1.92. The molecule has 0 saturated carbocycles. The molecule has 0 bridgehead atoms. The van der Waals surface area contributed by atoms with E-state index >= 15 is 0 Å². The Morgan fingerprint density at radius 2 is 2.29 bits per heavy atom. The fraction of sp³-hybridized carbons (Fsp3) is 0.875. The van der Waals surface area contributed by atoms with Gasteiger partial charge < -0.3 is 25.7 Å². The molecule has 1 unspecified atom stereocenters. The molecule has 0 saturated heterocycles. The Balaban J connectivity index is 3.59. The van der Waals surface area contributed by atoms with Gasteiger partial charge in [0.2, 0.25) is 0 Å². The van der Waals surface area contributed by atoms with Gasteiger partial charge in [-0.25, -0.2) is 0 Å². The standard InChI is InChI=1S/C8H19N3O3/c1-11(4-3-8(9)10-13)5-7(12)6-14-2/h7,12-13H,3-6H2,1-2H3,(H2,9,10). The van der Waals surface area contributed by atoms with E-state index in [1.54, 1.807) is 7.11 Å². The van der Waals surface area contributed by atoms with Gasteiger partial charge in [0.1, 0.15) is 5.84 Å². The zero-order valence-electron chi connectivity index (χ0n) is 8.68. The third kappa shape index (κ3) is 6.64. The maximum Gasteiger partial charge on any atom is 0.140 e. The number of nitrogens with zero attached hydrogens (tertiary/aromatic N) is 2. The maximum atomic E-state index is 9.36. The first-order valence-corrected chi connectivity index (χ1v) is 4.42. The van der Waals surface area contributed by atoms with Gasteiger partial charge in [-0.3, -0.25) is 0 Å². The van der Waals surface area contributed by atoms with Crippen molar-refractivity contribution in [3.8, 4) is 0 Å². The molecule has 0 aliphatic rings. The second-order valence-corrected chi connectivity index (χ2v) is 3.21. The number of ether oxygens (including phenoxy) is 1. The minimum Gasteiger partial charge on any atom is -0.409 e. The SMILES string of the molecule is COCC(O)CN(C)CCC(N)=NO. The summed E-state index contributed by atoms with van der Waals surface area (Å²) in [6.45, 7) is 1.46. The van der Waals surface area contributed by atoms with Gasteiger partial charge >= 0.3 is 0 Å². The summed E-state index contributed by atoms with van der Waals surface area (Å²) >= 11 is 0. The summed E-state index contributed by atoms with van der Waals surface area (Å²) < 4.78 is 4.79. The molecule has 1 atom stereocenters. The molecular weight excluding hydrogens is 186 g/mol. The zero-order valence-corrected chi connectivity index (χ0v) is 8.68. The Bertz CT molecular complexity index is 175. The topological polar surface area (TPSA) is 91.3 Å². The van der Waals surface area contributed by atoms with Crippen molar-refractivity contribution in [2.24, 2.45) is 10.9 Å². The van der Waals surface area contributed by atoms with Gasteiger partial charge in [-0.1, -0.05) is 5.16 Å². The van der Waals surface area contributed by atoms with Gasteiger partial charge in [0.05, 0.1) is 12.7 Å². The molecule has 0 spiro atoms. The quantitative estimate of drug-likeness (QED) is 0.216. The Kier molecular flexibility index (Phi) is 7.09. The van der Waals surface area contributed by atoms with Crippen molar-refractivity contribution in [3.05, 3.63) is 0 Å². The highest BCUT2D eigenvalue weighted by molar-refractivity contribution is 5.79. The molecule has 14 heavy (non-hydrogen) atoms. The van der Waals surface area contributed by atoms with Gasteiger partial charge in [-0.2, -0.15) is 0 Å². The molecule has 0 fully saturated rings. The lowest BCUT2D eigenvalue weighted by Crippen LogP contribution is -2.34. The summed E-state index contributed by atoms with van der Waals surface area (Å²) in [6, 6.07) is 0. The van der Waals surface area contributed by atoms with Gasteiger partial charge in [-0.05, 0) is 7.05 Å². The molecule has 0 heterocycles. The van der Waals surface area contributed by atoms with Gasteiger partial charge in [0, 0.05) is 26.6 Å². The lowest BCUT2D eigenvalue weighted by Gasteiger charge is -2.19. The number of aliphatic hydroxyl groups is 1. The van der Waals surface area contributed by atoms with E-state index in [2.05, 4.69) is 5.16 Å². The van der Waals surface area contributed by atoms with Gasteiger partial charge in [-0.15, -0.1) is 0 Å². The van der Waals surface area contributed by atoms with Crippen LogP contribution in [0, 0.1) is 0 Å². The Labute approximate surface area is 83.9 Å². The summed E-state index contributed by atoms with van der Waals surface area (Å²) in [4.78, 5) is 1.89. The molecule has 6 heteroatoms. The lowest BCUT2D eigenvalue weighted by molar-refractivity contribution is 0.0438. The molecule has 0 aromatic carbocycles. The van der Waals surface area contributed by atoms with E-state index in [9.17, 15) is 5.11 Å². The van der Waals surface area contributed by atoms with Gasteiger partial charge in [0.25, 0.3) is 0 Å². The van der Waals surface area contributed by atoms with Crippen LogP contribution in [0.5, 0.6) is 0 Å². The maximum absolute atomic E-state index is 9.36. The average molecular weight is 205 g/mol. The minimum atomic E-state index is -0.503. The van der Waals surface area contributed by atoms with E-state index in [1.807, 2.05) is 11.9 Å². The van der Waals surface area contributed by atoms with Crippen molar-refractivity contribution in [1.29, 1.82) is 0 Å². The van der Waals surface area contributed by atoms with Crippen LogP contribution in [0.25, 0.3) is 0 Å². The number of aliphatic hydroxyl groups excluding tert-OH is 1. The Hall–Kier alpha value is -0.850. The first-order chi connectivity index (χ1) is 6.60. The van der Waals surface area contributed by atoms with Crippen molar-refractivity contribution in [2.75, 3.05) is 33.9 Å². The molecule has 4 N–H and O–H groups in total. The highest BCUT2D eigenvalue weighted by Gasteiger charge is 2.07. The largest absolute Gasteiger partial charge is 0.409 e. The number of rotatable bonds is 7. The second-order valence-electron chi connectivity index (χ2n) is 3.21. The summed E-state index contributed by atoms with van der Waals surface area (Å²) in [7, 11) is 3.39. The number of hydrogen-bond acceptors (Lipinski definition) is 5. The number of hydrogen-bond donors (Lipinski definition) is 3. The van der Waals surface area contributed by atoms with E-state index in [0.29, 0.717) is 26.1 Å². The molecule has 0 aliphatic heterocycles. The molecule has 0 radical (unpaired) electrons. The fourth-order valence-electron chi connectivity index (χ4n) is 1.05. The molecular formula is C8H19N3O3.